The number of ether oxygens (including phenoxy) is 1. The molecule has 2 rings (SSSR count). The van der Waals surface area contributed by atoms with Crippen molar-refractivity contribution in [3.05, 3.63) is 35.9 Å². The molecule has 0 radical (unpaired) electrons. The fraction of sp³-hybridized carbons (Fsp3) is 0.600. The van der Waals surface area contributed by atoms with Crippen molar-refractivity contribution in [2.24, 2.45) is 11.1 Å². The molecule has 2 heteroatoms. The van der Waals surface area contributed by atoms with E-state index in [4.69, 9.17) is 10.5 Å². The zero-order chi connectivity index (χ0) is 12.0. The molecular formula is C15H23NO. The van der Waals surface area contributed by atoms with Gasteiger partial charge in [0.05, 0.1) is 6.61 Å². The Kier molecular flexibility index (Phi) is 4.57. The van der Waals surface area contributed by atoms with Crippen LogP contribution in [0.25, 0.3) is 0 Å². The van der Waals surface area contributed by atoms with E-state index in [1.54, 1.807) is 0 Å². The molecule has 17 heavy (non-hydrogen) atoms. The molecule has 0 aromatic heterocycles. The quantitative estimate of drug-likeness (QED) is 0.701. The van der Waals surface area contributed by atoms with Crippen LogP contribution in [-0.2, 0) is 11.2 Å². The van der Waals surface area contributed by atoms with Crippen LogP contribution < -0.4 is 5.73 Å². The fourth-order valence-electron chi connectivity index (χ4n) is 2.26. The van der Waals surface area contributed by atoms with Crippen molar-refractivity contribution in [2.75, 3.05) is 19.8 Å². The van der Waals surface area contributed by atoms with Gasteiger partial charge in [0.25, 0.3) is 0 Å². The topological polar surface area (TPSA) is 35.2 Å². The molecule has 0 atom stereocenters. The van der Waals surface area contributed by atoms with Crippen LogP contribution in [0.2, 0.25) is 0 Å². The third-order valence-electron chi connectivity index (χ3n) is 3.64. The van der Waals surface area contributed by atoms with Crippen LogP contribution in [0.5, 0.6) is 0 Å². The Bertz CT molecular complexity index is 319. The van der Waals surface area contributed by atoms with Gasteiger partial charge in [-0.1, -0.05) is 30.3 Å². The minimum atomic E-state index is 0.460. The van der Waals surface area contributed by atoms with Gasteiger partial charge in [0, 0.05) is 6.61 Å². The van der Waals surface area contributed by atoms with Crippen LogP contribution >= 0.6 is 0 Å². The second-order valence-electron chi connectivity index (χ2n) is 5.18. The molecule has 1 aromatic rings. The molecule has 0 heterocycles. The summed E-state index contributed by atoms with van der Waals surface area (Å²) in [6.45, 7) is 2.59. The minimum Gasteiger partial charge on any atom is -0.381 e. The van der Waals surface area contributed by atoms with Gasteiger partial charge >= 0.3 is 0 Å². The van der Waals surface area contributed by atoms with E-state index in [0.717, 1.165) is 39.0 Å². The minimum absolute atomic E-state index is 0.460. The lowest BCUT2D eigenvalue weighted by Gasteiger charge is -2.13. The maximum absolute atomic E-state index is 5.78. The summed E-state index contributed by atoms with van der Waals surface area (Å²) in [4.78, 5) is 0. The van der Waals surface area contributed by atoms with Gasteiger partial charge in [0.15, 0.2) is 0 Å². The summed E-state index contributed by atoms with van der Waals surface area (Å²) in [5, 5.41) is 0. The molecule has 0 amide bonds. The predicted octanol–water partition coefficient (Wildman–Crippen LogP) is 2.76. The zero-order valence-corrected chi connectivity index (χ0v) is 10.5. The Labute approximate surface area is 104 Å². The van der Waals surface area contributed by atoms with Gasteiger partial charge in [-0.15, -0.1) is 0 Å². The number of nitrogens with two attached hydrogens (primary N) is 1. The molecule has 2 nitrogen and oxygen atoms in total. The number of hydrogen-bond acceptors (Lipinski definition) is 2. The Balaban J connectivity index is 1.55. The molecule has 1 saturated carbocycles. The van der Waals surface area contributed by atoms with E-state index in [9.17, 15) is 0 Å². The molecule has 1 fully saturated rings. The number of aryl methyl sites for hydroxylation is 1. The van der Waals surface area contributed by atoms with E-state index in [1.165, 1.54) is 18.4 Å². The smallest absolute Gasteiger partial charge is 0.0522 e. The Morgan fingerprint density at radius 3 is 2.59 bits per heavy atom. The van der Waals surface area contributed by atoms with Gasteiger partial charge in [-0.3, -0.25) is 0 Å². The van der Waals surface area contributed by atoms with Crippen molar-refractivity contribution in [1.82, 2.24) is 0 Å². The van der Waals surface area contributed by atoms with Crippen molar-refractivity contribution < 1.29 is 4.74 Å². The summed E-state index contributed by atoms with van der Waals surface area (Å²) in [6, 6.07) is 10.6. The largest absolute Gasteiger partial charge is 0.381 e. The summed E-state index contributed by atoms with van der Waals surface area (Å²) < 4.78 is 5.78. The van der Waals surface area contributed by atoms with Gasteiger partial charge in [0.1, 0.15) is 0 Å². The first-order valence-electron chi connectivity index (χ1n) is 6.66. The van der Waals surface area contributed by atoms with E-state index in [0.29, 0.717) is 5.41 Å². The molecule has 1 aliphatic rings. The molecule has 0 saturated heterocycles. The average Bonchev–Trinajstić information content (AvgIpc) is 3.11. The lowest BCUT2D eigenvalue weighted by molar-refractivity contribution is 0.0860. The van der Waals surface area contributed by atoms with Crippen LogP contribution in [0.3, 0.4) is 0 Å². The number of benzene rings is 1. The van der Waals surface area contributed by atoms with Gasteiger partial charge in [-0.2, -0.15) is 0 Å². The first-order chi connectivity index (χ1) is 8.35. The summed E-state index contributed by atoms with van der Waals surface area (Å²) in [5.74, 6) is 0. The first kappa shape index (κ1) is 12.6. The molecule has 1 aromatic carbocycles. The molecule has 0 unspecified atom stereocenters. The summed E-state index contributed by atoms with van der Waals surface area (Å²) in [5.41, 5.74) is 7.47. The lowest BCUT2D eigenvalue weighted by atomic mass is 10.0. The van der Waals surface area contributed by atoms with Gasteiger partial charge in [0.2, 0.25) is 0 Å². The van der Waals surface area contributed by atoms with E-state index in [-0.39, 0.29) is 0 Å². The van der Waals surface area contributed by atoms with Crippen LogP contribution in [0.15, 0.2) is 30.3 Å². The lowest BCUT2D eigenvalue weighted by Crippen LogP contribution is -2.16. The summed E-state index contributed by atoms with van der Waals surface area (Å²) in [6.07, 6.45) is 5.98. The standard InChI is InChI=1S/C15H23NO/c16-11-10-15(8-9-15)13-17-12-4-7-14-5-2-1-3-6-14/h1-3,5-6H,4,7-13,16H2. The first-order valence-corrected chi connectivity index (χ1v) is 6.66. The zero-order valence-electron chi connectivity index (χ0n) is 10.5. The van der Waals surface area contributed by atoms with Gasteiger partial charge in [-0.05, 0) is 49.6 Å². The molecule has 0 spiro atoms. The Morgan fingerprint density at radius 1 is 1.18 bits per heavy atom. The maximum atomic E-state index is 5.78. The van der Waals surface area contributed by atoms with Crippen molar-refractivity contribution in [2.45, 2.75) is 32.1 Å². The summed E-state index contributed by atoms with van der Waals surface area (Å²) >= 11 is 0. The van der Waals surface area contributed by atoms with Crippen molar-refractivity contribution in [3.8, 4) is 0 Å². The highest BCUT2D eigenvalue weighted by atomic mass is 16.5. The molecule has 94 valence electrons. The number of hydrogen-bond donors (Lipinski definition) is 1. The monoisotopic (exact) mass is 233 g/mol. The van der Waals surface area contributed by atoms with Crippen LogP contribution in [-0.4, -0.2) is 19.8 Å². The van der Waals surface area contributed by atoms with E-state index in [2.05, 4.69) is 30.3 Å². The van der Waals surface area contributed by atoms with Crippen molar-refractivity contribution >= 4 is 0 Å². The normalized spacial score (nSPS) is 17.0. The number of rotatable bonds is 8. The van der Waals surface area contributed by atoms with E-state index >= 15 is 0 Å². The van der Waals surface area contributed by atoms with Crippen LogP contribution in [0.1, 0.15) is 31.2 Å². The maximum Gasteiger partial charge on any atom is 0.0522 e. The van der Waals surface area contributed by atoms with Crippen molar-refractivity contribution in [3.63, 3.8) is 0 Å². The molecular weight excluding hydrogens is 210 g/mol. The highest BCUT2D eigenvalue weighted by molar-refractivity contribution is 5.14. The molecule has 0 bridgehead atoms. The average molecular weight is 233 g/mol. The van der Waals surface area contributed by atoms with Crippen LogP contribution in [0, 0.1) is 5.41 Å². The molecule has 0 aliphatic heterocycles. The second-order valence-corrected chi connectivity index (χ2v) is 5.18. The van der Waals surface area contributed by atoms with E-state index in [1.807, 2.05) is 0 Å². The fourth-order valence-corrected chi connectivity index (χ4v) is 2.26. The van der Waals surface area contributed by atoms with E-state index < -0.39 is 0 Å². The highest BCUT2D eigenvalue weighted by Crippen LogP contribution is 2.48. The third kappa shape index (κ3) is 4.14. The van der Waals surface area contributed by atoms with Crippen molar-refractivity contribution in [1.29, 1.82) is 0 Å². The highest BCUT2D eigenvalue weighted by Gasteiger charge is 2.41. The van der Waals surface area contributed by atoms with Crippen LogP contribution in [0.4, 0.5) is 0 Å². The predicted molar refractivity (Wildman–Crippen MR) is 70.9 cm³/mol. The SMILES string of the molecule is NCCC1(COCCCc2ccccc2)CC1. The second kappa shape index (κ2) is 6.18. The Morgan fingerprint density at radius 2 is 1.94 bits per heavy atom. The van der Waals surface area contributed by atoms with Gasteiger partial charge in [-0.25, -0.2) is 0 Å². The summed E-state index contributed by atoms with van der Waals surface area (Å²) in [7, 11) is 0. The molecule has 1 aliphatic carbocycles. The van der Waals surface area contributed by atoms with Gasteiger partial charge < -0.3 is 10.5 Å². The molecule has 2 N–H and O–H groups in total. The third-order valence-corrected chi connectivity index (χ3v) is 3.64. The Hall–Kier alpha value is -0.860.